The number of hydrogen-bond acceptors (Lipinski definition) is 8. The lowest BCUT2D eigenvalue weighted by molar-refractivity contribution is -0.115. The fourth-order valence-electron chi connectivity index (χ4n) is 2.04. The molecule has 2 heterocycles. The smallest absolute Gasteiger partial charge is 0.237 e. The Hall–Kier alpha value is -2.00. The van der Waals surface area contributed by atoms with Crippen LogP contribution in [0.5, 0.6) is 11.5 Å². The average Bonchev–Trinajstić information content (AvgIpc) is 3.21. The summed E-state index contributed by atoms with van der Waals surface area (Å²) in [7, 11) is 0. The topological polar surface area (TPSA) is 85.4 Å². The van der Waals surface area contributed by atoms with Crippen LogP contribution in [0.2, 0.25) is 0 Å². The Morgan fingerprint density at radius 1 is 1.28 bits per heavy atom. The summed E-state index contributed by atoms with van der Waals surface area (Å²) < 4.78 is 11.3. The first-order valence-corrected chi connectivity index (χ1v) is 9.65. The quantitative estimate of drug-likeness (QED) is 0.712. The molecule has 1 aromatic carbocycles. The van der Waals surface area contributed by atoms with Crippen molar-refractivity contribution >= 4 is 39.8 Å². The number of benzene rings is 1. The molecule has 0 aliphatic carbocycles. The van der Waals surface area contributed by atoms with E-state index in [-0.39, 0.29) is 18.0 Å². The standard InChI is InChI=1S/C16H20N4O3S2/c1-9(2)7-17-15-19-20-16(25-15)24-10(3)14(21)18-11-4-5-12-13(6-11)23-8-22-12/h4-6,9-10H,7-8H2,1-3H3,(H,17,19)(H,18,21). The number of aromatic nitrogens is 2. The Balaban J connectivity index is 1.54. The summed E-state index contributed by atoms with van der Waals surface area (Å²) in [5, 5.41) is 14.8. The lowest BCUT2D eigenvalue weighted by atomic mass is 10.2. The van der Waals surface area contributed by atoms with Crippen molar-refractivity contribution < 1.29 is 14.3 Å². The average molecular weight is 380 g/mol. The highest BCUT2D eigenvalue weighted by molar-refractivity contribution is 8.02. The summed E-state index contributed by atoms with van der Waals surface area (Å²) in [6, 6.07) is 5.34. The van der Waals surface area contributed by atoms with E-state index in [1.165, 1.54) is 23.1 Å². The highest BCUT2D eigenvalue weighted by Crippen LogP contribution is 2.35. The van der Waals surface area contributed by atoms with E-state index in [1.807, 2.05) is 6.92 Å². The Kier molecular flexibility index (Phi) is 5.64. The maximum absolute atomic E-state index is 12.4. The maximum atomic E-state index is 12.4. The lowest BCUT2D eigenvalue weighted by Gasteiger charge is -2.10. The van der Waals surface area contributed by atoms with Gasteiger partial charge >= 0.3 is 0 Å². The van der Waals surface area contributed by atoms with E-state index in [0.717, 1.165) is 16.0 Å². The van der Waals surface area contributed by atoms with Crippen molar-refractivity contribution in [3.63, 3.8) is 0 Å². The molecule has 0 fully saturated rings. The third-order valence-electron chi connectivity index (χ3n) is 3.35. The minimum absolute atomic E-state index is 0.101. The van der Waals surface area contributed by atoms with Crippen LogP contribution in [0.15, 0.2) is 22.5 Å². The molecule has 25 heavy (non-hydrogen) atoms. The van der Waals surface area contributed by atoms with Gasteiger partial charge < -0.3 is 20.1 Å². The fourth-order valence-corrected chi connectivity index (χ4v) is 3.95. The summed E-state index contributed by atoms with van der Waals surface area (Å²) >= 11 is 2.84. The Labute approximate surface area is 154 Å². The Morgan fingerprint density at radius 3 is 2.88 bits per heavy atom. The Bertz CT molecular complexity index is 751. The van der Waals surface area contributed by atoms with E-state index in [1.54, 1.807) is 18.2 Å². The number of fused-ring (bicyclic) bond motifs is 1. The van der Waals surface area contributed by atoms with Gasteiger partial charge in [0.15, 0.2) is 15.8 Å². The van der Waals surface area contributed by atoms with Crippen LogP contribution in [0.1, 0.15) is 20.8 Å². The molecule has 1 aromatic heterocycles. The summed E-state index contributed by atoms with van der Waals surface area (Å²) in [5.41, 5.74) is 0.679. The van der Waals surface area contributed by atoms with E-state index in [0.29, 0.717) is 23.1 Å². The van der Waals surface area contributed by atoms with Crippen LogP contribution >= 0.6 is 23.1 Å². The van der Waals surface area contributed by atoms with Crippen molar-refractivity contribution in [1.82, 2.24) is 10.2 Å². The first-order chi connectivity index (χ1) is 12.0. The third kappa shape index (κ3) is 4.76. The second kappa shape index (κ2) is 7.92. The van der Waals surface area contributed by atoms with Gasteiger partial charge in [-0.05, 0) is 25.0 Å². The van der Waals surface area contributed by atoms with Gasteiger partial charge in [-0.3, -0.25) is 4.79 Å². The van der Waals surface area contributed by atoms with Crippen LogP contribution in [0, 0.1) is 5.92 Å². The highest BCUT2D eigenvalue weighted by Gasteiger charge is 2.19. The number of rotatable bonds is 7. The van der Waals surface area contributed by atoms with E-state index in [2.05, 4.69) is 34.7 Å². The van der Waals surface area contributed by atoms with Gasteiger partial charge in [-0.25, -0.2) is 0 Å². The third-order valence-corrected chi connectivity index (χ3v) is 5.42. The van der Waals surface area contributed by atoms with E-state index >= 15 is 0 Å². The van der Waals surface area contributed by atoms with E-state index in [4.69, 9.17) is 9.47 Å². The molecular weight excluding hydrogens is 360 g/mol. The van der Waals surface area contributed by atoms with Gasteiger partial charge in [0.2, 0.25) is 17.8 Å². The molecule has 0 radical (unpaired) electrons. The molecular formula is C16H20N4O3S2. The van der Waals surface area contributed by atoms with Crippen LogP contribution in [0.4, 0.5) is 10.8 Å². The van der Waals surface area contributed by atoms with E-state index in [9.17, 15) is 4.79 Å². The molecule has 7 nitrogen and oxygen atoms in total. The number of carbonyl (C=O) groups excluding carboxylic acids is 1. The minimum Gasteiger partial charge on any atom is -0.454 e. The van der Waals surface area contributed by atoms with Crippen LogP contribution in [0.3, 0.4) is 0 Å². The molecule has 1 aliphatic rings. The van der Waals surface area contributed by atoms with Crippen LogP contribution in [0.25, 0.3) is 0 Å². The fraction of sp³-hybridized carbons (Fsp3) is 0.438. The highest BCUT2D eigenvalue weighted by atomic mass is 32.2. The first kappa shape index (κ1) is 17.8. The molecule has 2 aromatic rings. The number of amides is 1. The molecule has 2 N–H and O–H groups in total. The summed E-state index contributed by atoms with van der Waals surface area (Å²) in [6.45, 7) is 7.16. The minimum atomic E-state index is -0.295. The van der Waals surface area contributed by atoms with Gasteiger partial charge in [0.05, 0.1) is 5.25 Å². The number of ether oxygens (including phenoxy) is 2. The van der Waals surface area contributed by atoms with Crippen molar-refractivity contribution in [2.45, 2.75) is 30.4 Å². The van der Waals surface area contributed by atoms with Gasteiger partial charge in [0.1, 0.15) is 0 Å². The molecule has 0 bridgehead atoms. The van der Waals surface area contributed by atoms with Crippen LogP contribution in [-0.4, -0.2) is 34.7 Å². The maximum Gasteiger partial charge on any atom is 0.237 e. The lowest BCUT2D eigenvalue weighted by Crippen LogP contribution is -2.22. The number of anilines is 2. The second-order valence-electron chi connectivity index (χ2n) is 5.97. The number of nitrogens with one attached hydrogen (secondary N) is 2. The van der Waals surface area contributed by atoms with Crippen molar-refractivity contribution in [3.8, 4) is 11.5 Å². The van der Waals surface area contributed by atoms with Crippen molar-refractivity contribution in [1.29, 1.82) is 0 Å². The molecule has 0 saturated carbocycles. The summed E-state index contributed by atoms with van der Waals surface area (Å²) in [4.78, 5) is 12.4. The van der Waals surface area contributed by atoms with Gasteiger partial charge in [-0.2, -0.15) is 0 Å². The molecule has 0 spiro atoms. The van der Waals surface area contributed by atoms with Crippen LogP contribution in [-0.2, 0) is 4.79 Å². The zero-order valence-corrected chi connectivity index (χ0v) is 15.9. The van der Waals surface area contributed by atoms with Crippen molar-refractivity contribution in [3.05, 3.63) is 18.2 Å². The number of hydrogen-bond donors (Lipinski definition) is 2. The van der Waals surface area contributed by atoms with Crippen molar-refractivity contribution in [2.24, 2.45) is 5.92 Å². The predicted octanol–water partition coefficient (Wildman–Crippen LogP) is 3.45. The van der Waals surface area contributed by atoms with Crippen molar-refractivity contribution in [2.75, 3.05) is 24.0 Å². The number of thioether (sulfide) groups is 1. The SMILES string of the molecule is CC(C)CNc1nnc(SC(C)C(=O)Nc2ccc3c(c2)OCO3)s1. The van der Waals surface area contributed by atoms with E-state index < -0.39 is 0 Å². The normalized spacial score (nSPS) is 13.8. The van der Waals surface area contributed by atoms with Crippen LogP contribution < -0.4 is 20.1 Å². The monoisotopic (exact) mass is 380 g/mol. The van der Waals surface area contributed by atoms with Gasteiger partial charge in [0, 0.05) is 18.3 Å². The number of nitrogens with zero attached hydrogens (tertiary/aromatic N) is 2. The second-order valence-corrected chi connectivity index (χ2v) is 8.53. The Morgan fingerprint density at radius 2 is 2.08 bits per heavy atom. The van der Waals surface area contributed by atoms with Gasteiger partial charge in [-0.1, -0.05) is 36.9 Å². The van der Waals surface area contributed by atoms with Gasteiger partial charge in [0.25, 0.3) is 0 Å². The molecule has 1 atom stereocenters. The largest absolute Gasteiger partial charge is 0.454 e. The molecule has 9 heteroatoms. The molecule has 3 rings (SSSR count). The number of carbonyl (C=O) groups is 1. The zero-order chi connectivity index (χ0) is 17.8. The summed E-state index contributed by atoms with van der Waals surface area (Å²) in [6.07, 6.45) is 0. The first-order valence-electron chi connectivity index (χ1n) is 7.96. The van der Waals surface area contributed by atoms with Gasteiger partial charge in [-0.15, -0.1) is 10.2 Å². The molecule has 0 saturated heterocycles. The molecule has 1 amide bonds. The molecule has 1 aliphatic heterocycles. The molecule has 134 valence electrons. The zero-order valence-electron chi connectivity index (χ0n) is 14.2. The summed E-state index contributed by atoms with van der Waals surface area (Å²) in [5.74, 6) is 1.76. The predicted molar refractivity (Wildman–Crippen MR) is 99.8 cm³/mol. The molecule has 1 unspecified atom stereocenters.